The van der Waals surface area contributed by atoms with Crippen molar-refractivity contribution < 1.29 is 0 Å². The summed E-state index contributed by atoms with van der Waals surface area (Å²) in [5, 5.41) is 3.08. The molecule has 0 atom stereocenters. The molecule has 78 valence electrons. The molecule has 0 saturated heterocycles. The van der Waals surface area contributed by atoms with Crippen LogP contribution in [0.15, 0.2) is 12.3 Å². The molecule has 0 aliphatic heterocycles. The number of rotatable bonds is 3. The van der Waals surface area contributed by atoms with Gasteiger partial charge < -0.3 is 5.32 Å². The standard InChI is InChI=1S/C11H19N3/c1-11(2,3)7-10-13-6-5-9(14-10)8-12-4/h5-6,12H,7-8H2,1-4H3. The maximum atomic E-state index is 4.47. The molecule has 0 aromatic carbocycles. The molecule has 1 aromatic heterocycles. The van der Waals surface area contributed by atoms with E-state index < -0.39 is 0 Å². The van der Waals surface area contributed by atoms with Crippen LogP contribution in [0.4, 0.5) is 0 Å². The van der Waals surface area contributed by atoms with Crippen LogP contribution in [0.5, 0.6) is 0 Å². The third-order valence-electron chi connectivity index (χ3n) is 1.81. The van der Waals surface area contributed by atoms with Crippen molar-refractivity contribution in [3.05, 3.63) is 23.8 Å². The van der Waals surface area contributed by atoms with Gasteiger partial charge in [-0.15, -0.1) is 0 Å². The summed E-state index contributed by atoms with van der Waals surface area (Å²) in [7, 11) is 1.92. The third kappa shape index (κ3) is 3.83. The van der Waals surface area contributed by atoms with Crippen LogP contribution < -0.4 is 5.32 Å². The van der Waals surface area contributed by atoms with Gasteiger partial charge in [-0.1, -0.05) is 20.8 Å². The Hall–Kier alpha value is -0.960. The normalized spacial score (nSPS) is 11.7. The Morgan fingerprint density at radius 3 is 2.64 bits per heavy atom. The zero-order valence-electron chi connectivity index (χ0n) is 9.46. The SMILES string of the molecule is CNCc1ccnc(CC(C)(C)C)n1. The van der Waals surface area contributed by atoms with Crippen molar-refractivity contribution in [2.45, 2.75) is 33.7 Å². The molecular weight excluding hydrogens is 174 g/mol. The highest BCUT2D eigenvalue weighted by molar-refractivity contribution is 5.03. The van der Waals surface area contributed by atoms with Crippen molar-refractivity contribution in [2.75, 3.05) is 7.05 Å². The first-order chi connectivity index (χ1) is 6.51. The molecule has 3 nitrogen and oxygen atoms in total. The predicted molar refractivity (Wildman–Crippen MR) is 58.0 cm³/mol. The van der Waals surface area contributed by atoms with Gasteiger partial charge in [0, 0.05) is 19.2 Å². The Labute approximate surface area is 86.0 Å². The van der Waals surface area contributed by atoms with Crippen LogP contribution in [0.1, 0.15) is 32.3 Å². The summed E-state index contributed by atoms with van der Waals surface area (Å²) in [4.78, 5) is 8.74. The van der Waals surface area contributed by atoms with E-state index in [9.17, 15) is 0 Å². The minimum absolute atomic E-state index is 0.248. The summed E-state index contributed by atoms with van der Waals surface area (Å²) in [6, 6.07) is 1.95. The lowest BCUT2D eigenvalue weighted by Crippen LogP contribution is -2.14. The minimum Gasteiger partial charge on any atom is -0.314 e. The monoisotopic (exact) mass is 193 g/mol. The molecule has 0 amide bonds. The van der Waals surface area contributed by atoms with Crippen molar-refractivity contribution in [1.82, 2.24) is 15.3 Å². The molecule has 0 aliphatic rings. The fraction of sp³-hybridized carbons (Fsp3) is 0.636. The second kappa shape index (κ2) is 4.51. The molecule has 0 fully saturated rings. The van der Waals surface area contributed by atoms with Crippen molar-refractivity contribution in [3.63, 3.8) is 0 Å². The number of aromatic nitrogens is 2. The molecule has 14 heavy (non-hydrogen) atoms. The van der Waals surface area contributed by atoms with E-state index in [0.717, 1.165) is 24.5 Å². The number of hydrogen-bond donors (Lipinski definition) is 1. The van der Waals surface area contributed by atoms with Crippen LogP contribution in [-0.2, 0) is 13.0 Å². The molecule has 1 N–H and O–H groups in total. The largest absolute Gasteiger partial charge is 0.314 e. The van der Waals surface area contributed by atoms with Crippen LogP contribution in [0.3, 0.4) is 0 Å². The van der Waals surface area contributed by atoms with Gasteiger partial charge in [0.15, 0.2) is 0 Å². The van der Waals surface area contributed by atoms with Crippen molar-refractivity contribution in [1.29, 1.82) is 0 Å². The highest BCUT2D eigenvalue weighted by atomic mass is 14.9. The summed E-state index contributed by atoms with van der Waals surface area (Å²) < 4.78 is 0. The van der Waals surface area contributed by atoms with Gasteiger partial charge in [0.1, 0.15) is 5.82 Å². The zero-order valence-corrected chi connectivity index (χ0v) is 9.46. The van der Waals surface area contributed by atoms with E-state index >= 15 is 0 Å². The highest BCUT2D eigenvalue weighted by Gasteiger charge is 2.13. The van der Waals surface area contributed by atoms with Gasteiger partial charge >= 0.3 is 0 Å². The van der Waals surface area contributed by atoms with Gasteiger partial charge in [-0.25, -0.2) is 9.97 Å². The summed E-state index contributed by atoms with van der Waals surface area (Å²) in [5.41, 5.74) is 1.31. The van der Waals surface area contributed by atoms with Gasteiger partial charge in [0.05, 0.1) is 5.69 Å². The summed E-state index contributed by atoms with van der Waals surface area (Å²) in [6.45, 7) is 7.39. The second-order valence-corrected chi connectivity index (χ2v) is 4.73. The van der Waals surface area contributed by atoms with Crippen molar-refractivity contribution in [3.8, 4) is 0 Å². The fourth-order valence-corrected chi connectivity index (χ4v) is 1.28. The number of nitrogens with one attached hydrogen (secondary N) is 1. The molecule has 0 aliphatic carbocycles. The molecule has 0 radical (unpaired) electrons. The average Bonchev–Trinajstić information content (AvgIpc) is 2.02. The first-order valence-corrected chi connectivity index (χ1v) is 4.97. The molecule has 1 heterocycles. The maximum absolute atomic E-state index is 4.47. The van der Waals surface area contributed by atoms with Crippen LogP contribution in [0, 0.1) is 5.41 Å². The van der Waals surface area contributed by atoms with E-state index in [4.69, 9.17) is 0 Å². The van der Waals surface area contributed by atoms with Crippen LogP contribution in [-0.4, -0.2) is 17.0 Å². The van der Waals surface area contributed by atoms with Gasteiger partial charge in [-0.2, -0.15) is 0 Å². The Kier molecular flexibility index (Phi) is 3.58. The number of hydrogen-bond acceptors (Lipinski definition) is 3. The first kappa shape index (κ1) is 11.1. The van der Waals surface area contributed by atoms with Crippen LogP contribution >= 0.6 is 0 Å². The van der Waals surface area contributed by atoms with Crippen LogP contribution in [0.2, 0.25) is 0 Å². The predicted octanol–water partition coefficient (Wildman–Crippen LogP) is 1.78. The molecule has 3 heteroatoms. The molecule has 1 aromatic rings. The van der Waals surface area contributed by atoms with E-state index in [1.165, 1.54) is 0 Å². The van der Waals surface area contributed by atoms with E-state index in [1.54, 1.807) is 0 Å². The molecule has 0 unspecified atom stereocenters. The topological polar surface area (TPSA) is 37.8 Å². The summed E-state index contributed by atoms with van der Waals surface area (Å²) in [6.07, 6.45) is 2.76. The maximum Gasteiger partial charge on any atom is 0.129 e. The quantitative estimate of drug-likeness (QED) is 0.795. The lowest BCUT2D eigenvalue weighted by molar-refractivity contribution is 0.400. The van der Waals surface area contributed by atoms with Gasteiger partial charge in [0.25, 0.3) is 0 Å². The van der Waals surface area contributed by atoms with Gasteiger partial charge in [0.2, 0.25) is 0 Å². The Morgan fingerprint density at radius 2 is 2.07 bits per heavy atom. The molecule has 0 bridgehead atoms. The molecular formula is C11H19N3. The molecule has 1 rings (SSSR count). The summed E-state index contributed by atoms with van der Waals surface area (Å²) >= 11 is 0. The Morgan fingerprint density at radius 1 is 1.36 bits per heavy atom. The lowest BCUT2D eigenvalue weighted by Gasteiger charge is -2.16. The Bertz CT molecular complexity index is 289. The van der Waals surface area contributed by atoms with E-state index in [-0.39, 0.29) is 5.41 Å². The number of nitrogens with zero attached hydrogens (tertiary/aromatic N) is 2. The van der Waals surface area contributed by atoms with Gasteiger partial charge in [-0.05, 0) is 18.5 Å². The minimum atomic E-state index is 0.248. The first-order valence-electron chi connectivity index (χ1n) is 4.97. The highest BCUT2D eigenvalue weighted by Crippen LogP contribution is 2.17. The average molecular weight is 193 g/mol. The van der Waals surface area contributed by atoms with E-state index in [0.29, 0.717) is 0 Å². The smallest absolute Gasteiger partial charge is 0.129 e. The fourth-order valence-electron chi connectivity index (χ4n) is 1.28. The second-order valence-electron chi connectivity index (χ2n) is 4.73. The molecule has 0 saturated carbocycles. The molecule has 0 spiro atoms. The zero-order chi connectivity index (χ0) is 10.6. The van der Waals surface area contributed by atoms with Crippen molar-refractivity contribution >= 4 is 0 Å². The van der Waals surface area contributed by atoms with E-state index in [1.807, 2.05) is 19.3 Å². The van der Waals surface area contributed by atoms with Crippen molar-refractivity contribution in [2.24, 2.45) is 5.41 Å². The summed E-state index contributed by atoms with van der Waals surface area (Å²) in [5.74, 6) is 0.935. The third-order valence-corrected chi connectivity index (χ3v) is 1.81. The lowest BCUT2D eigenvalue weighted by atomic mass is 9.92. The van der Waals surface area contributed by atoms with Crippen LogP contribution in [0.25, 0.3) is 0 Å². The van der Waals surface area contributed by atoms with E-state index in [2.05, 4.69) is 36.1 Å². The Balaban J connectivity index is 2.73. The van der Waals surface area contributed by atoms with Gasteiger partial charge in [-0.3, -0.25) is 0 Å².